The van der Waals surface area contributed by atoms with Gasteiger partial charge in [-0.2, -0.15) is 0 Å². The lowest BCUT2D eigenvalue weighted by atomic mass is 9.95. The van der Waals surface area contributed by atoms with Gasteiger partial charge in [0.2, 0.25) is 0 Å². The normalized spacial score (nSPS) is 15.6. The zero-order valence-corrected chi connectivity index (χ0v) is 11.3. The van der Waals surface area contributed by atoms with Crippen molar-refractivity contribution in [3.8, 4) is 0 Å². The molecule has 0 aromatic carbocycles. The van der Waals surface area contributed by atoms with Crippen molar-refractivity contribution < 1.29 is 10.2 Å². The van der Waals surface area contributed by atoms with Crippen molar-refractivity contribution in [2.24, 2.45) is 10.8 Å². The van der Waals surface area contributed by atoms with Crippen LogP contribution in [0.1, 0.15) is 41.5 Å². The maximum Gasteiger partial charge on any atom is 0.104 e. The molecule has 0 aliphatic rings. The third-order valence-electron chi connectivity index (χ3n) is 1.90. The smallest absolute Gasteiger partial charge is 0.104 e. The van der Waals surface area contributed by atoms with Crippen LogP contribution < -0.4 is 0 Å². The summed E-state index contributed by atoms with van der Waals surface area (Å²) in [4.78, 5) is 0. The molecule has 0 rings (SSSR count). The molecule has 15 heavy (non-hydrogen) atoms. The Labute approximate surface area is 97.1 Å². The van der Waals surface area contributed by atoms with E-state index < -0.39 is 0 Å². The van der Waals surface area contributed by atoms with Crippen LogP contribution in [0.4, 0.5) is 0 Å². The molecule has 2 N–H and O–H groups in total. The number of aliphatic hydroxyl groups excluding tert-OH is 2. The molecule has 0 spiro atoms. The van der Waals surface area contributed by atoms with E-state index in [0.29, 0.717) is 11.5 Å². The first kappa shape index (κ1) is 14.4. The van der Waals surface area contributed by atoms with Gasteiger partial charge in [-0.25, -0.2) is 0 Å². The minimum atomic E-state index is -0.238. The second-order valence-electron chi connectivity index (χ2n) is 5.64. The number of thioether (sulfide) groups is 1. The van der Waals surface area contributed by atoms with E-state index in [4.69, 9.17) is 0 Å². The van der Waals surface area contributed by atoms with Crippen LogP contribution in [0.3, 0.4) is 0 Å². The Bertz CT molecular complexity index is 236. The molecule has 0 radical (unpaired) electrons. The van der Waals surface area contributed by atoms with Gasteiger partial charge in [0.15, 0.2) is 0 Å². The van der Waals surface area contributed by atoms with Crippen molar-refractivity contribution in [3.63, 3.8) is 0 Å². The van der Waals surface area contributed by atoms with E-state index in [1.54, 1.807) is 10.8 Å². The van der Waals surface area contributed by atoms with Crippen molar-refractivity contribution >= 4 is 11.8 Å². The SMILES string of the molecule is CC(C)(C)/C(O)=C/S/C=C(\O)C(C)(C)C. The molecule has 0 saturated heterocycles. The highest BCUT2D eigenvalue weighted by molar-refractivity contribution is 8.04. The zero-order chi connectivity index (χ0) is 12.3. The monoisotopic (exact) mass is 230 g/mol. The van der Waals surface area contributed by atoms with E-state index >= 15 is 0 Å². The minimum Gasteiger partial charge on any atom is -0.511 e. The average molecular weight is 230 g/mol. The van der Waals surface area contributed by atoms with E-state index in [9.17, 15) is 10.2 Å². The molecular weight excluding hydrogens is 208 g/mol. The summed E-state index contributed by atoms with van der Waals surface area (Å²) in [5, 5.41) is 22.6. The fourth-order valence-corrected chi connectivity index (χ4v) is 1.55. The van der Waals surface area contributed by atoms with Gasteiger partial charge >= 0.3 is 0 Å². The molecule has 2 nitrogen and oxygen atoms in total. The fourth-order valence-electron chi connectivity index (χ4n) is 0.516. The van der Waals surface area contributed by atoms with E-state index in [1.807, 2.05) is 41.5 Å². The number of allylic oxidation sites excluding steroid dienone is 2. The predicted octanol–water partition coefficient (Wildman–Crippen LogP) is 4.61. The summed E-state index contributed by atoms with van der Waals surface area (Å²) in [6.45, 7) is 11.6. The van der Waals surface area contributed by atoms with Crippen LogP contribution in [-0.4, -0.2) is 10.2 Å². The molecule has 88 valence electrons. The summed E-state index contributed by atoms with van der Waals surface area (Å²) in [5.41, 5.74) is -0.476. The highest BCUT2D eigenvalue weighted by atomic mass is 32.2. The van der Waals surface area contributed by atoms with E-state index in [-0.39, 0.29) is 10.8 Å². The van der Waals surface area contributed by atoms with Gasteiger partial charge in [-0.1, -0.05) is 53.3 Å². The molecular formula is C12H22O2S. The lowest BCUT2D eigenvalue weighted by Gasteiger charge is -2.18. The summed E-state index contributed by atoms with van der Waals surface area (Å²) >= 11 is 1.30. The standard InChI is InChI=1S/C12H22O2S/c1-11(2,3)9(13)7-15-8-10(14)12(4,5)6/h7-8,13-14H,1-6H3/b9-7-,10-8-. The first-order chi connectivity index (χ1) is 6.55. The average Bonchev–Trinajstić information content (AvgIpc) is 2.00. The van der Waals surface area contributed by atoms with Crippen LogP contribution >= 0.6 is 11.8 Å². The highest BCUT2D eigenvalue weighted by Gasteiger charge is 2.17. The maximum atomic E-state index is 9.63. The van der Waals surface area contributed by atoms with Gasteiger partial charge in [-0.15, -0.1) is 0 Å². The van der Waals surface area contributed by atoms with E-state index in [1.165, 1.54) is 11.8 Å². The molecule has 0 aliphatic carbocycles. The van der Waals surface area contributed by atoms with Crippen molar-refractivity contribution in [2.45, 2.75) is 41.5 Å². The summed E-state index contributed by atoms with van der Waals surface area (Å²) in [6.07, 6.45) is 0. The van der Waals surface area contributed by atoms with Gasteiger partial charge in [0.25, 0.3) is 0 Å². The van der Waals surface area contributed by atoms with Crippen molar-refractivity contribution in [3.05, 3.63) is 22.3 Å². The fraction of sp³-hybridized carbons (Fsp3) is 0.667. The quantitative estimate of drug-likeness (QED) is 0.680. The van der Waals surface area contributed by atoms with Gasteiger partial charge in [0, 0.05) is 21.6 Å². The molecule has 0 heterocycles. The number of aliphatic hydroxyl groups is 2. The van der Waals surface area contributed by atoms with Crippen LogP contribution in [0.25, 0.3) is 0 Å². The Morgan fingerprint density at radius 2 is 1.07 bits per heavy atom. The molecule has 0 saturated carbocycles. The van der Waals surface area contributed by atoms with Crippen LogP contribution in [-0.2, 0) is 0 Å². The predicted molar refractivity (Wildman–Crippen MR) is 67.9 cm³/mol. The molecule has 0 aromatic heterocycles. The molecule has 3 heteroatoms. The minimum absolute atomic E-state index is 0.238. The number of rotatable bonds is 2. The van der Waals surface area contributed by atoms with Gasteiger partial charge < -0.3 is 10.2 Å². The van der Waals surface area contributed by atoms with Crippen LogP contribution in [0.5, 0.6) is 0 Å². The molecule has 0 amide bonds. The van der Waals surface area contributed by atoms with Crippen LogP contribution in [0.2, 0.25) is 0 Å². The van der Waals surface area contributed by atoms with Crippen LogP contribution in [0.15, 0.2) is 22.3 Å². The van der Waals surface area contributed by atoms with Crippen molar-refractivity contribution in [1.82, 2.24) is 0 Å². The Kier molecular flexibility index (Phi) is 4.78. The second kappa shape index (κ2) is 4.97. The Morgan fingerprint density at radius 1 is 0.800 bits per heavy atom. The highest BCUT2D eigenvalue weighted by Crippen LogP contribution is 2.28. The zero-order valence-electron chi connectivity index (χ0n) is 10.5. The third-order valence-corrected chi connectivity index (χ3v) is 2.61. The lowest BCUT2D eigenvalue weighted by Crippen LogP contribution is -2.08. The Morgan fingerprint density at radius 3 is 1.27 bits per heavy atom. The summed E-state index contributed by atoms with van der Waals surface area (Å²) in [7, 11) is 0. The Balaban J connectivity index is 4.44. The number of hydrogen-bond donors (Lipinski definition) is 2. The topological polar surface area (TPSA) is 40.5 Å². The van der Waals surface area contributed by atoms with Crippen LogP contribution in [0, 0.1) is 10.8 Å². The second-order valence-corrected chi connectivity index (χ2v) is 6.39. The Hall–Kier alpha value is -0.570. The molecule has 0 bridgehead atoms. The first-order valence-corrected chi connectivity index (χ1v) is 5.94. The van der Waals surface area contributed by atoms with Gasteiger partial charge in [0.1, 0.15) is 11.5 Å². The summed E-state index contributed by atoms with van der Waals surface area (Å²) in [5.74, 6) is 0.649. The van der Waals surface area contributed by atoms with Gasteiger partial charge in [-0.05, 0) is 0 Å². The van der Waals surface area contributed by atoms with Gasteiger partial charge in [-0.3, -0.25) is 0 Å². The molecule has 0 fully saturated rings. The van der Waals surface area contributed by atoms with Crippen molar-refractivity contribution in [1.29, 1.82) is 0 Å². The first-order valence-electron chi connectivity index (χ1n) is 5.00. The molecule has 0 aromatic rings. The van der Waals surface area contributed by atoms with E-state index in [0.717, 1.165) is 0 Å². The summed E-state index contributed by atoms with van der Waals surface area (Å²) in [6, 6.07) is 0. The van der Waals surface area contributed by atoms with Gasteiger partial charge in [0.05, 0.1) is 0 Å². The largest absolute Gasteiger partial charge is 0.511 e. The molecule has 0 aliphatic heterocycles. The maximum absolute atomic E-state index is 9.63. The molecule has 0 atom stereocenters. The summed E-state index contributed by atoms with van der Waals surface area (Å²) < 4.78 is 0. The number of hydrogen-bond acceptors (Lipinski definition) is 3. The third kappa shape index (κ3) is 5.78. The van der Waals surface area contributed by atoms with E-state index in [2.05, 4.69) is 0 Å². The molecule has 0 unspecified atom stereocenters. The van der Waals surface area contributed by atoms with Crippen molar-refractivity contribution in [2.75, 3.05) is 0 Å². The lowest BCUT2D eigenvalue weighted by molar-refractivity contribution is 0.278.